The van der Waals surface area contributed by atoms with Gasteiger partial charge in [-0.15, -0.1) is 0 Å². The summed E-state index contributed by atoms with van der Waals surface area (Å²) in [5.41, 5.74) is 1.35. The number of ether oxygens (including phenoxy) is 2. The molecule has 3 aromatic rings. The Morgan fingerprint density at radius 1 is 1.10 bits per heavy atom. The van der Waals surface area contributed by atoms with Crippen LogP contribution >= 0.6 is 0 Å². The van der Waals surface area contributed by atoms with Gasteiger partial charge in [-0.3, -0.25) is 9.59 Å². The van der Waals surface area contributed by atoms with Crippen molar-refractivity contribution < 1.29 is 18.7 Å². The third-order valence-corrected chi connectivity index (χ3v) is 5.15. The van der Waals surface area contributed by atoms with Gasteiger partial charge in [-0.2, -0.15) is 0 Å². The summed E-state index contributed by atoms with van der Waals surface area (Å²) in [6.07, 6.45) is 1.66. The molecule has 1 aliphatic heterocycles. The van der Waals surface area contributed by atoms with Crippen molar-refractivity contribution >= 4 is 16.9 Å². The van der Waals surface area contributed by atoms with Gasteiger partial charge in [-0.05, 0) is 43.7 Å². The zero-order valence-corrected chi connectivity index (χ0v) is 17.0. The lowest BCUT2D eigenvalue weighted by Crippen LogP contribution is -2.29. The van der Waals surface area contributed by atoms with Crippen molar-refractivity contribution in [3.05, 3.63) is 82.2 Å². The summed E-state index contributed by atoms with van der Waals surface area (Å²) in [6, 6.07) is 11.9. The molecule has 0 spiro atoms. The maximum atomic E-state index is 13.3. The molecule has 6 nitrogen and oxygen atoms in total. The zero-order chi connectivity index (χ0) is 21.3. The summed E-state index contributed by atoms with van der Waals surface area (Å²) in [6.45, 7) is 8.67. The molecule has 1 amide bonds. The number of hydrogen-bond donors (Lipinski definition) is 0. The average Bonchev–Trinajstić information content (AvgIpc) is 3.05. The third kappa shape index (κ3) is 3.14. The molecule has 0 saturated carbocycles. The Hall–Kier alpha value is -3.54. The van der Waals surface area contributed by atoms with Crippen molar-refractivity contribution in [3.8, 4) is 11.5 Å². The van der Waals surface area contributed by atoms with E-state index in [-0.39, 0.29) is 17.1 Å². The Morgan fingerprint density at radius 2 is 1.90 bits per heavy atom. The molecule has 2 heterocycles. The van der Waals surface area contributed by atoms with E-state index in [0.29, 0.717) is 47.8 Å². The number of rotatable bonds is 7. The highest BCUT2D eigenvalue weighted by atomic mass is 16.5. The standard InChI is InChI=1S/C24H23NO5/c1-4-13-29-18-12-11-15(14-19(18)28-6-3)21-20-22(26)16-9-7-8-10-17(16)30-23(20)24(27)25(21)5-2/h4,7-12,14,21H,1,5-6,13H2,2-3H3/t21-/m0/s1. The Kier molecular flexibility index (Phi) is 5.31. The normalized spacial score (nSPS) is 15.3. The summed E-state index contributed by atoms with van der Waals surface area (Å²) in [5, 5.41) is 0.461. The van der Waals surface area contributed by atoms with Crippen LogP contribution < -0.4 is 14.9 Å². The minimum absolute atomic E-state index is 0.107. The first-order chi connectivity index (χ1) is 14.6. The van der Waals surface area contributed by atoms with Gasteiger partial charge < -0.3 is 18.8 Å². The molecule has 0 fully saturated rings. The van der Waals surface area contributed by atoms with E-state index in [2.05, 4.69) is 6.58 Å². The first-order valence-electron chi connectivity index (χ1n) is 9.97. The third-order valence-electron chi connectivity index (χ3n) is 5.15. The molecule has 0 saturated heterocycles. The van der Waals surface area contributed by atoms with Gasteiger partial charge in [0.05, 0.1) is 23.6 Å². The smallest absolute Gasteiger partial charge is 0.290 e. The molecule has 0 radical (unpaired) electrons. The topological polar surface area (TPSA) is 69.0 Å². The Morgan fingerprint density at radius 3 is 2.63 bits per heavy atom. The Labute approximate surface area is 174 Å². The van der Waals surface area contributed by atoms with Crippen LogP contribution in [-0.2, 0) is 0 Å². The molecule has 0 aliphatic carbocycles. The maximum absolute atomic E-state index is 13.3. The number of fused-ring (bicyclic) bond motifs is 2. The second kappa shape index (κ2) is 8.06. The summed E-state index contributed by atoms with van der Waals surface area (Å²) in [7, 11) is 0. The number of nitrogens with zero attached hydrogens (tertiary/aromatic N) is 1. The van der Waals surface area contributed by atoms with E-state index in [9.17, 15) is 9.59 Å². The van der Waals surface area contributed by atoms with E-state index < -0.39 is 6.04 Å². The van der Waals surface area contributed by atoms with Crippen LogP contribution in [0.2, 0.25) is 0 Å². The highest BCUT2D eigenvalue weighted by Gasteiger charge is 2.42. The van der Waals surface area contributed by atoms with E-state index in [0.717, 1.165) is 5.56 Å². The van der Waals surface area contributed by atoms with E-state index in [1.165, 1.54) is 0 Å². The van der Waals surface area contributed by atoms with Gasteiger partial charge in [0, 0.05) is 6.54 Å². The number of hydrogen-bond acceptors (Lipinski definition) is 5. The van der Waals surface area contributed by atoms with Crippen LogP contribution in [0.5, 0.6) is 11.5 Å². The summed E-state index contributed by atoms with van der Waals surface area (Å²) in [5.74, 6) is 0.957. The Bertz CT molecular complexity index is 1180. The van der Waals surface area contributed by atoms with Gasteiger partial charge in [0.2, 0.25) is 5.76 Å². The van der Waals surface area contributed by atoms with Gasteiger partial charge in [-0.1, -0.05) is 30.9 Å². The van der Waals surface area contributed by atoms with E-state index in [1.54, 1.807) is 41.3 Å². The molecule has 154 valence electrons. The first-order valence-corrected chi connectivity index (χ1v) is 9.97. The summed E-state index contributed by atoms with van der Waals surface area (Å²) < 4.78 is 17.3. The predicted octanol–water partition coefficient (Wildman–Crippen LogP) is 4.32. The molecule has 30 heavy (non-hydrogen) atoms. The highest BCUT2D eigenvalue weighted by Crippen LogP contribution is 2.40. The van der Waals surface area contributed by atoms with Crippen molar-refractivity contribution in [3.63, 3.8) is 0 Å². The molecule has 0 bridgehead atoms. The van der Waals surface area contributed by atoms with Gasteiger partial charge in [0.1, 0.15) is 12.2 Å². The lowest BCUT2D eigenvalue weighted by atomic mass is 9.98. The molecule has 1 atom stereocenters. The van der Waals surface area contributed by atoms with Crippen LogP contribution in [0.4, 0.5) is 0 Å². The fourth-order valence-corrected chi connectivity index (χ4v) is 3.87. The van der Waals surface area contributed by atoms with Crippen molar-refractivity contribution in [1.29, 1.82) is 0 Å². The van der Waals surface area contributed by atoms with Crippen LogP contribution in [0.15, 0.2) is 64.3 Å². The Balaban J connectivity index is 1.90. The average molecular weight is 405 g/mol. The minimum atomic E-state index is -0.550. The molecule has 0 N–H and O–H groups in total. The molecular weight excluding hydrogens is 382 g/mol. The fraction of sp³-hybridized carbons (Fsp3) is 0.250. The zero-order valence-electron chi connectivity index (χ0n) is 17.0. The predicted molar refractivity (Wildman–Crippen MR) is 114 cm³/mol. The van der Waals surface area contributed by atoms with Crippen molar-refractivity contribution in [2.75, 3.05) is 19.8 Å². The minimum Gasteiger partial charge on any atom is -0.490 e. The van der Waals surface area contributed by atoms with Gasteiger partial charge in [-0.25, -0.2) is 0 Å². The van der Waals surface area contributed by atoms with Crippen molar-refractivity contribution in [2.24, 2.45) is 0 Å². The lowest BCUT2D eigenvalue weighted by Gasteiger charge is -2.24. The van der Waals surface area contributed by atoms with E-state index in [4.69, 9.17) is 13.9 Å². The molecule has 6 heteroatoms. The van der Waals surface area contributed by atoms with Gasteiger partial charge >= 0.3 is 0 Å². The van der Waals surface area contributed by atoms with Crippen molar-refractivity contribution in [1.82, 2.24) is 4.90 Å². The maximum Gasteiger partial charge on any atom is 0.290 e. The molecule has 2 aromatic carbocycles. The second-order valence-corrected chi connectivity index (χ2v) is 6.90. The quantitative estimate of drug-likeness (QED) is 0.548. The first kappa shape index (κ1) is 19.8. The summed E-state index contributed by atoms with van der Waals surface area (Å²) in [4.78, 5) is 28.0. The number of para-hydroxylation sites is 1. The number of amides is 1. The summed E-state index contributed by atoms with van der Waals surface area (Å²) >= 11 is 0. The molecular formula is C24H23NO5. The molecule has 1 aliphatic rings. The van der Waals surface area contributed by atoms with E-state index >= 15 is 0 Å². The van der Waals surface area contributed by atoms with Crippen LogP contribution in [-0.4, -0.2) is 30.6 Å². The van der Waals surface area contributed by atoms with Crippen LogP contribution in [0, 0.1) is 0 Å². The molecule has 1 aromatic heterocycles. The molecule has 4 rings (SSSR count). The van der Waals surface area contributed by atoms with Gasteiger partial charge in [0.25, 0.3) is 5.91 Å². The van der Waals surface area contributed by atoms with Gasteiger partial charge in [0.15, 0.2) is 16.9 Å². The van der Waals surface area contributed by atoms with Crippen molar-refractivity contribution in [2.45, 2.75) is 19.9 Å². The van der Waals surface area contributed by atoms with Crippen LogP contribution in [0.1, 0.15) is 41.6 Å². The number of carbonyl (C=O) groups excluding carboxylic acids is 1. The SMILES string of the molecule is C=CCOc1ccc([C@H]2c3c(oc4ccccc4c3=O)C(=O)N2CC)cc1OCC. The van der Waals surface area contributed by atoms with Crippen LogP contribution in [0.3, 0.4) is 0 Å². The second-order valence-electron chi connectivity index (χ2n) is 6.90. The van der Waals surface area contributed by atoms with E-state index in [1.807, 2.05) is 26.0 Å². The monoisotopic (exact) mass is 405 g/mol. The number of benzene rings is 2. The number of carbonyl (C=O) groups is 1. The lowest BCUT2D eigenvalue weighted by molar-refractivity contribution is 0.0737. The highest BCUT2D eigenvalue weighted by molar-refractivity contribution is 5.99. The fourth-order valence-electron chi connectivity index (χ4n) is 3.87. The molecule has 0 unspecified atom stereocenters. The van der Waals surface area contributed by atoms with Crippen LogP contribution in [0.25, 0.3) is 11.0 Å². The largest absolute Gasteiger partial charge is 0.490 e.